The Morgan fingerprint density at radius 3 is 1.87 bits per heavy atom. The van der Waals surface area contributed by atoms with Gasteiger partial charge in [-0.2, -0.15) is 0 Å². The summed E-state index contributed by atoms with van der Waals surface area (Å²) in [5.74, 6) is 1.47. The summed E-state index contributed by atoms with van der Waals surface area (Å²) in [5.41, 5.74) is 2.46. The molecule has 0 aliphatic carbocycles. The van der Waals surface area contributed by atoms with Crippen molar-refractivity contribution in [1.29, 1.82) is 0 Å². The predicted molar refractivity (Wildman–Crippen MR) is 87.0 cm³/mol. The summed E-state index contributed by atoms with van der Waals surface area (Å²) >= 11 is 5.97. The molecule has 4 heteroatoms. The molecule has 3 heterocycles. The third-order valence-electron chi connectivity index (χ3n) is 4.48. The number of hydrogen-bond donors (Lipinski definition) is 0. The van der Waals surface area contributed by atoms with Gasteiger partial charge in [-0.3, -0.25) is 0 Å². The highest BCUT2D eigenvalue weighted by Crippen LogP contribution is 2.45. The molecular weight excluding hydrogens is 312 g/mol. The zero-order valence-corrected chi connectivity index (χ0v) is 13.2. The van der Waals surface area contributed by atoms with Crippen LogP contribution in [-0.2, 0) is 25.6 Å². The SMILES string of the molecule is C#Cc1ccc(C23OCC(c4ccc(Cl)cc4)(CO2)CO3)cc1. The number of hydrogen-bond acceptors (Lipinski definition) is 3. The molecule has 2 aromatic rings. The van der Waals surface area contributed by atoms with Crippen molar-refractivity contribution in [3.8, 4) is 12.3 Å². The topological polar surface area (TPSA) is 27.7 Å². The number of rotatable bonds is 2. The Kier molecular flexibility index (Phi) is 3.44. The van der Waals surface area contributed by atoms with Gasteiger partial charge in [0.2, 0.25) is 0 Å². The monoisotopic (exact) mass is 326 g/mol. The molecule has 3 nitrogen and oxygen atoms in total. The molecule has 2 aromatic carbocycles. The number of ether oxygens (including phenoxy) is 3. The van der Waals surface area contributed by atoms with E-state index in [0.717, 1.165) is 16.7 Å². The van der Waals surface area contributed by atoms with Crippen LogP contribution >= 0.6 is 11.6 Å². The van der Waals surface area contributed by atoms with E-state index in [9.17, 15) is 0 Å². The molecule has 0 aromatic heterocycles. The van der Waals surface area contributed by atoms with Crippen LogP contribution in [0.5, 0.6) is 0 Å². The third-order valence-corrected chi connectivity index (χ3v) is 4.73. The lowest BCUT2D eigenvalue weighted by atomic mass is 9.81. The van der Waals surface area contributed by atoms with Gasteiger partial charge in [-0.15, -0.1) is 6.42 Å². The molecular formula is C19H15ClO3. The smallest absolute Gasteiger partial charge is 0.312 e. The molecule has 5 rings (SSSR count). The highest BCUT2D eigenvalue weighted by molar-refractivity contribution is 6.30. The normalized spacial score (nSPS) is 29.2. The number of benzene rings is 2. The van der Waals surface area contributed by atoms with E-state index in [-0.39, 0.29) is 5.41 Å². The van der Waals surface area contributed by atoms with Gasteiger partial charge in [-0.05, 0) is 42.0 Å². The Hall–Kier alpha value is -1.83. The van der Waals surface area contributed by atoms with E-state index in [1.165, 1.54) is 0 Å². The van der Waals surface area contributed by atoms with Gasteiger partial charge in [-0.25, -0.2) is 0 Å². The van der Waals surface area contributed by atoms with E-state index in [4.69, 9.17) is 32.2 Å². The van der Waals surface area contributed by atoms with E-state index in [1.54, 1.807) is 0 Å². The average Bonchev–Trinajstić information content (AvgIpc) is 2.64. The molecule has 0 N–H and O–H groups in total. The zero-order valence-electron chi connectivity index (χ0n) is 12.4. The fraction of sp³-hybridized carbons (Fsp3) is 0.263. The number of terminal acetylenes is 1. The van der Waals surface area contributed by atoms with Gasteiger partial charge in [0.05, 0.1) is 25.2 Å². The van der Waals surface area contributed by atoms with Crippen LogP contribution in [0.1, 0.15) is 16.7 Å². The van der Waals surface area contributed by atoms with Crippen molar-refractivity contribution in [2.75, 3.05) is 19.8 Å². The van der Waals surface area contributed by atoms with E-state index in [0.29, 0.717) is 24.8 Å². The van der Waals surface area contributed by atoms with Crippen molar-refractivity contribution in [1.82, 2.24) is 0 Å². The first kappa shape index (κ1) is 14.7. The van der Waals surface area contributed by atoms with Gasteiger partial charge >= 0.3 is 5.97 Å². The third kappa shape index (κ3) is 2.36. The van der Waals surface area contributed by atoms with Gasteiger partial charge < -0.3 is 14.2 Å². The first-order valence-electron chi connectivity index (χ1n) is 7.41. The van der Waals surface area contributed by atoms with Gasteiger partial charge in [-0.1, -0.05) is 29.7 Å². The molecule has 23 heavy (non-hydrogen) atoms. The van der Waals surface area contributed by atoms with Crippen LogP contribution < -0.4 is 0 Å². The lowest BCUT2D eigenvalue weighted by Gasteiger charge is -2.52. The molecule has 0 spiro atoms. The fourth-order valence-electron chi connectivity index (χ4n) is 3.02. The van der Waals surface area contributed by atoms with Crippen LogP contribution in [0.4, 0.5) is 0 Å². The Labute approximate surface area is 140 Å². The largest absolute Gasteiger partial charge is 0.322 e. The van der Waals surface area contributed by atoms with Crippen LogP contribution in [-0.4, -0.2) is 19.8 Å². The first-order chi connectivity index (χ1) is 11.2. The van der Waals surface area contributed by atoms with Crippen molar-refractivity contribution in [2.24, 2.45) is 0 Å². The van der Waals surface area contributed by atoms with Gasteiger partial charge in [0.25, 0.3) is 0 Å². The van der Waals surface area contributed by atoms with Crippen LogP contribution in [0.25, 0.3) is 0 Å². The summed E-state index contributed by atoms with van der Waals surface area (Å²) in [7, 11) is 0. The lowest BCUT2D eigenvalue weighted by Crippen LogP contribution is -2.60. The molecule has 116 valence electrons. The maximum absolute atomic E-state index is 5.98. The van der Waals surface area contributed by atoms with Gasteiger partial charge in [0.15, 0.2) is 0 Å². The summed E-state index contributed by atoms with van der Waals surface area (Å²) in [6.45, 7) is 1.60. The second kappa shape index (κ2) is 5.36. The lowest BCUT2D eigenvalue weighted by molar-refractivity contribution is -0.466. The molecule has 0 radical (unpaired) electrons. The summed E-state index contributed by atoms with van der Waals surface area (Å²) in [6, 6.07) is 15.2. The summed E-state index contributed by atoms with van der Waals surface area (Å²) in [6.07, 6.45) is 5.39. The van der Waals surface area contributed by atoms with Gasteiger partial charge in [0, 0.05) is 16.1 Å². The van der Waals surface area contributed by atoms with E-state index >= 15 is 0 Å². The van der Waals surface area contributed by atoms with Crippen molar-refractivity contribution in [3.05, 3.63) is 70.2 Å². The highest BCUT2D eigenvalue weighted by atomic mass is 35.5. The maximum Gasteiger partial charge on any atom is 0.312 e. The second-order valence-electron chi connectivity index (χ2n) is 5.93. The molecule has 3 saturated heterocycles. The molecule has 3 aliphatic heterocycles. The molecule has 0 unspecified atom stereocenters. The Balaban J connectivity index is 1.60. The standard InChI is InChI=1S/C19H15ClO3/c1-2-14-3-5-16(6-4-14)19-21-11-18(12-22-19,13-23-19)15-7-9-17(20)10-8-15/h1,3-10H,11-13H2. The Morgan fingerprint density at radius 2 is 1.35 bits per heavy atom. The summed E-state index contributed by atoms with van der Waals surface area (Å²) in [4.78, 5) is 0. The molecule has 2 bridgehead atoms. The highest BCUT2D eigenvalue weighted by Gasteiger charge is 2.54. The van der Waals surface area contributed by atoms with Crippen molar-refractivity contribution < 1.29 is 14.2 Å². The fourth-order valence-corrected chi connectivity index (χ4v) is 3.15. The molecule has 0 amide bonds. The van der Waals surface area contributed by atoms with Crippen molar-refractivity contribution in [2.45, 2.75) is 11.4 Å². The second-order valence-corrected chi connectivity index (χ2v) is 6.37. The Bertz CT molecular complexity index is 734. The van der Waals surface area contributed by atoms with Crippen molar-refractivity contribution >= 4 is 11.6 Å². The van der Waals surface area contributed by atoms with Crippen LogP contribution in [0, 0.1) is 12.3 Å². The van der Waals surface area contributed by atoms with E-state index in [1.807, 2.05) is 48.5 Å². The van der Waals surface area contributed by atoms with Crippen LogP contribution in [0.3, 0.4) is 0 Å². The first-order valence-corrected chi connectivity index (χ1v) is 7.79. The molecule has 0 saturated carbocycles. The minimum absolute atomic E-state index is 0.287. The minimum atomic E-state index is -1.12. The Morgan fingerprint density at radius 1 is 0.826 bits per heavy atom. The molecule has 3 fully saturated rings. The number of fused-ring (bicyclic) bond motifs is 3. The number of halogens is 1. The quantitative estimate of drug-likeness (QED) is 0.791. The molecule has 3 aliphatic rings. The minimum Gasteiger partial charge on any atom is -0.322 e. The molecule has 0 atom stereocenters. The van der Waals surface area contributed by atoms with E-state index < -0.39 is 5.97 Å². The van der Waals surface area contributed by atoms with Gasteiger partial charge in [0.1, 0.15) is 0 Å². The van der Waals surface area contributed by atoms with Crippen LogP contribution in [0.15, 0.2) is 48.5 Å². The average molecular weight is 327 g/mol. The maximum atomic E-state index is 5.98. The summed E-state index contributed by atoms with van der Waals surface area (Å²) < 4.78 is 17.9. The van der Waals surface area contributed by atoms with Crippen molar-refractivity contribution in [3.63, 3.8) is 0 Å². The predicted octanol–water partition coefficient (Wildman–Crippen LogP) is 3.45. The summed E-state index contributed by atoms with van der Waals surface area (Å²) in [5, 5.41) is 0.711. The van der Waals surface area contributed by atoms with Crippen LogP contribution in [0.2, 0.25) is 5.02 Å². The zero-order chi connectivity index (χ0) is 15.9. The van der Waals surface area contributed by atoms with E-state index in [2.05, 4.69) is 5.92 Å².